The van der Waals surface area contributed by atoms with Gasteiger partial charge in [-0.05, 0) is 74.4 Å². The van der Waals surface area contributed by atoms with Gasteiger partial charge in [-0.15, -0.1) is 0 Å². The van der Waals surface area contributed by atoms with Gasteiger partial charge in [0.15, 0.2) is 5.82 Å². The number of amides is 1. The van der Waals surface area contributed by atoms with Crippen LogP contribution in [0.15, 0.2) is 48.3 Å². The van der Waals surface area contributed by atoms with Gasteiger partial charge in [0.05, 0.1) is 12.2 Å². The molecule has 8 heteroatoms. The van der Waals surface area contributed by atoms with Crippen molar-refractivity contribution >= 4 is 40.6 Å². The van der Waals surface area contributed by atoms with Gasteiger partial charge in [0.2, 0.25) is 11.9 Å². The Balaban J connectivity index is 1.48. The van der Waals surface area contributed by atoms with E-state index < -0.39 is 0 Å². The molecule has 4 N–H and O–H groups in total. The Morgan fingerprint density at radius 2 is 2.16 bits per heavy atom. The van der Waals surface area contributed by atoms with Crippen molar-refractivity contribution in [2.75, 3.05) is 22.5 Å². The maximum atomic E-state index is 12.7. The molecule has 5 rings (SSSR count). The van der Waals surface area contributed by atoms with Gasteiger partial charge >= 0.3 is 0 Å². The molecule has 1 unspecified atom stereocenters. The maximum absolute atomic E-state index is 12.7. The van der Waals surface area contributed by atoms with Crippen LogP contribution in [0.4, 0.5) is 23.1 Å². The summed E-state index contributed by atoms with van der Waals surface area (Å²) in [6.07, 6.45) is 12.6. The molecule has 3 aliphatic rings. The first-order valence-electron chi connectivity index (χ1n) is 10.8. The number of aryl methyl sites for hydroxylation is 1. The van der Waals surface area contributed by atoms with E-state index in [0.29, 0.717) is 22.7 Å². The van der Waals surface area contributed by atoms with Crippen LogP contribution in [0.3, 0.4) is 0 Å². The zero-order valence-corrected chi connectivity index (χ0v) is 17.9. The van der Waals surface area contributed by atoms with Gasteiger partial charge in [0.1, 0.15) is 5.02 Å². The van der Waals surface area contributed by atoms with Gasteiger partial charge in [0.25, 0.3) is 0 Å². The third-order valence-electron chi connectivity index (χ3n) is 5.97. The Bertz CT molecular complexity index is 1060. The van der Waals surface area contributed by atoms with Crippen molar-refractivity contribution < 1.29 is 4.79 Å². The maximum Gasteiger partial charge on any atom is 0.241 e. The number of hydrogen-bond donors (Lipinski definition) is 4. The molecule has 6 bridgehead atoms. The first-order chi connectivity index (χ1) is 15.1. The van der Waals surface area contributed by atoms with Gasteiger partial charge in [0, 0.05) is 17.1 Å². The molecule has 1 aromatic carbocycles. The number of nitrogens with zero attached hydrogens (tertiary/aromatic N) is 2. The summed E-state index contributed by atoms with van der Waals surface area (Å²) in [5, 5.41) is 13.5. The summed E-state index contributed by atoms with van der Waals surface area (Å²) in [6, 6.07) is 5.86. The molecule has 2 atom stereocenters. The number of halogens is 1. The van der Waals surface area contributed by atoms with Crippen LogP contribution in [-0.2, 0) is 11.2 Å². The lowest BCUT2D eigenvalue weighted by molar-refractivity contribution is -0.117. The summed E-state index contributed by atoms with van der Waals surface area (Å²) in [7, 11) is 0. The minimum atomic E-state index is -0.113. The van der Waals surface area contributed by atoms with Gasteiger partial charge in [-0.25, -0.2) is 4.98 Å². The summed E-state index contributed by atoms with van der Waals surface area (Å²) in [5.74, 6) is 1.49. The van der Waals surface area contributed by atoms with E-state index in [1.54, 1.807) is 6.20 Å². The number of carbonyl (C=O) groups excluding carboxylic acids is 1. The van der Waals surface area contributed by atoms with Crippen LogP contribution in [0.25, 0.3) is 0 Å². The van der Waals surface area contributed by atoms with Crippen molar-refractivity contribution in [2.24, 2.45) is 5.92 Å². The fourth-order valence-electron chi connectivity index (χ4n) is 4.30. The predicted octanol–water partition coefficient (Wildman–Crippen LogP) is 4.38. The van der Waals surface area contributed by atoms with Crippen molar-refractivity contribution in [2.45, 2.75) is 38.1 Å². The summed E-state index contributed by atoms with van der Waals surface area (Å²) < 4.78 is 0. The number of aromatic nitrogens is 2. The third kappa shape index (κ3) is 4.57. The molecule has 3 heterocycles. The quantitative estimate of drug-likeness (QED) is 0.558. The van der Waals surface area contributed by atoms with Crippen LogP contribution < -0.4 is 21.3 Å². The summed E-state index contributed by atoms with van der Waals surface area (Å²) in [6.45, 7) is 0.896. The molecule has 31 heavy (non-hydrogen) atoms. The van der Waals surface area contributed by atoms with Crippen molar-refractivity contribution in [1.82, 2.24) is 15.3 Å². The Morgan fingerprint density at radius 1 is 1.23 bits per heavy atom. The lowest BCUT2D eigenvalue weighted by atomic mass is 9.91. The largest absolute Gasteiger partial charge is 0.339 e. The van der Waals surface area contributed by atoms with Crippen molar-refractivity contribution in [3.63, 3.8) is 0 Å². The van der Waals surface area contributed by atoms with E-state index in [1.807, 2.05) is 12.1 Å². The minimum absolute atomic E-state index is 0.0350. The van der Waals surface area contributed by atoms with Crippen molar-refractivity contribution in [3.05, 3.63) is 58.9 Å². The molecular weight excluding hydrogens is 412 g/mol. The highest BCUT2D eigenvalue weighted by molar-refractivity contribution is 6.32. The molecule has 0 saturated carbocycles. The molecule has 7 nitrogen and oxygen atoms in total. The fourth-order valence-corrected chi connectivity index (χ4v) is 4.44. The molecule has 0 radical (unpaired) electrons. The number of hydrogen-bond acceptors (Lipinski definition) is 6. The number of carbonyl (C=O) groups is 1. The number of benzene rings is 1. The highest BCUT2D eigenvalue weighted by atomic mass is 35.5. The summed E-state index contributed by atoms with van der Waals surface area (Å²) in [4.78, 5) is 21.6. The van der Waals surface area contributed by atoms with Gasteiger partial charge in [-0.2, -0.15) is 4.98 Å². The molecule has 1 aliphatic carbocycles. The topological polar surface area (TPSA) is 91.0 Å². The highest BCUT2D eigenvalue weighted by Crippen LogP contribution is 2.31. The monoisotopic (exact) mass is 436 g/mol. The SMILES string of the molecule is O=C(Nc1ccc2cc1CCC1C=CC=C(C1)Nc1ncc(Cl)c(n1)N2)[C@@H]1CCCN1. The van der Waals surface area contributed by atoms with Crippen LogP contribution in [-0.4, -0.2) is 28.5 Å². The van der Waals surface area contributed by atoms with Crippen LogP contribution in [0, 0.1) is 5.92 Å². The highest BCUT2D eigenvalue weighted by Gasteiger charge is 2.23. The number of fused-ring (bicyclic) bond motifs is 6. The van der Waals surface area contributed by atoms with Crippen LogP contribution in [0.1, 0.15) is 31.2 Å². The zero-order chi connectivity index (χ0) is 21.2. The van der Waals surface area contributed by atoms with Crippen LogP contribution >= 0.6 is 11.6 Å². The Morgan fingerprint density at radius 3 is 3.03 bits per heavy atom. The molecule has 2 aliphatic heterocycles. The second-order valence-electron chi connectivity index (χ2n) is 8.23. The van der Waals surface area contributed by atoms with E-state index >= 15 is 0 Å². The molecular formula is C23H25ClN6O. The van der Waals surface area contributed by atoms with Gasteiger partial charge in [-0.1, -0.05) is 23.8 Å². The fraction of sp³-hybridized carbons (Fsp3) is 0.348. The lowest BCUT2D eigenvalue weighted by Crippen LogP contribution is -2.35. The smallest absolute Gasteiger partial charge is 0.241 e. The summed E-state index contributed by atoms with van der Waals surface area (Å²) >= 11 is 6.34. The van der Waals surface area contributed by atoms with Crippen LogP contribution in [0.2, 0.25) is 5.02 Å². The Labute approximate surface area is 186 Å². The normalized spacial score (nSPS) is 22.2. The van der Waals surface area contributed by atoms with Crippen molar-refractivity contribution in [1.29, 1.82) is 0 Å². The first kappa shape index (κ1) is 20.0. The number of anilines is 4. The van der Waals surface area contributed by atoms with E-state index in [-0.39, 0.29) is 11.9 Å². The first-order valence-corrected chi connectivity index (χ1v) is 11.1. The van der Waals surface area contributed by atoms with E-state index in [0.717, 1.165) is 61.3 Å². The van der Waals surface area contributed by atoms with Crippen molar-refractivity contribution in [3.8, 4) is 0 Å². The summed E-state index contributed by atoms with van der Waals surface area (Å²) in [5.41, 5.74) is 3.91. The van der Waals surface area contributed by atoms with Gasteiger partial charge < -0.3 is 21.3 Å². The third-order valence-corrected chi connectivity index (χ3v) is 6.24. The zero-order valence-electron chi connectivity index (χ0n) is 17.1. The Hall–Kier alpha value is -2.90. The second kappa shape index (κ2) is 8.69. The molecule has 0 spiro atoms. The van der Waals surface area contributed by atoms with Gasteiger partial charge in [-0.3, -0.25) is 4.79 Å². The number of rotatable bonds is 2. The predicted molar refractivity (Wildman–Crippen MR) is 124 cm³/mol. The number of allylic oxidation sites excluding steroid dienone is 4. The minimum Gasteiger partial charge on any atom is -0.339 e. The average Bonchev–Trinajstić information content (AvgIpc) is 3.31. The van der Waals surface area contributed by atoms with E-state index in [1.165, 1.54) is 0 Å². The van der Waals surface area contributed by atoms with E-state index in [9.17, 15) is 4.79 Å². The molecule has 2 aromatic rings. The second-order valence-corrected chi connectivity index (χ2v) is 8.64. The lowest BCUT2D eigenvalue weighted by Gasteiger charge is -2.20. The Kier molecular flexibility index (Phi) is 5.61. The molecule has 1 fully saturated rings. The number of nitrogens with one attached hydrogen (secondary N) is 4. The molecule has 160 valence electrons. The average molecular weight is 437 g/mol. The van der Waals surface area contributed by atoms with E-state index in [4.69, 9.17) is 11.6 Å². The van der Waals surface area contributed by atoms with E-state index in [2.05, 4.69) is 55.5 Å². The molecule has 1 saturated heterocycles. The molecule has 1 aromatic heterocycles. The standard InChI is InChI=1S/C23H25ClN6O/c24-18-13-26-23-28-16-4-1-3-14(11-16)6-7-15-12-17(27-21(18)30-23)8-9-19(15)29-22(31)20-5-2-10-25-20/h1,3-4,8-9,12-14,20,25H,2,5-7,10-11H2,(H,29,31)(H2,26,27,28,30)/t14?,20-/m0/s1. The van der Waals surface area contributed by atoms with Crippen LogP contribution in [0.5, 0.6) is 0 Å². The molecule has 1 amide bonds.